The molecule has 0 amide bonds. The van der Waals surface area contributed by atoms with Gasteiger partial charge in [-0.05, 0) is 89.9 Å². The minimum atomic E-state index is -4.40. The van der Waals surface area contributed by atoms with Crippen LogP contribution < -0.4 is 5.73 Å². The van der Waals surface area contributed by atoms with Crippen LogP contribution >= 0.6 is 7.82 Å². The molecule has 0 aliphatic rings. The Balaban J connectivity index is 4.40. The number of allylic oxidation sites excluding steroid dienone is 14. The van der Waals surface area contributed by atoms with Crippen LogP contribution in [0.3, 0.4) is 0 Å². The third kappa shape index (κ3) is 36.8. The van der Waals surface area contributed by atoms with Crippen molar-refractivity contribution in [1.82, 2.24) is 0 Å². The molecule has 9 nitrogen and oxygen atoms in total. The highest BCUT2D eigenvalue weighted by atomic mass is 31.2. The lowest BCUT2D eigenvalue weighted by Crippen LogP contribution is -2.29. The van der Waals surface area contributed by atoms with Crippen molar-refractivity contribution in [3.05, 3.63) is 85.1 Å². The number of hydrogen-bond donors (Lipinski definition) is 2. The van der Waals surface area contributed by atoms with Gasteiger partial charge in [-0.15, -0.1) is 0 Å². The summed E-state index contributed by atoms with van der Waals surface area (Å²) in [6.45, 7) is 3.45. The first-order valence-corrected chi connectivity index (χ1v) is 20.6. The Morgan fingerprint density at radius 3 is 1.53 bits per heavy atom. The quantitative estimate of drug-likeness (QED) is 0.0287. The molecule has 0 radical (unpaired) electrons. The van der Waals surface area contributed by atoms with Crippen LogP contribution in [-0.2, 0) is 32.7 Å². The molecular formula is C41H68NO8P. The summed E-state index contributed by atoms with van der Waals surface area (Å²) >= 11 is 0. The lowest BCUT2D eigenvalue weighted by molar-refractivity contribution is -0.161. The standard InChI is InChI=1S/C41H68NO8P/c1-3-5-7-9-11-13-15-17-19-21-23-25-27-29-31-33-40(43)47-37-39(38-49-51(45,46)48-36-35-42)50-41(44)34-32-30-28-26-24-22-20-18-16-14-12-10-8-6-4-2/h6,8,11-14,17-20,23-26,39H,3-5,7,9-10,15-16,21-22,27-38,42H2,1-2H3,(H,45,46)/t39-/m1/s1. The highest BCUT2D eigenvalue weighted by molar-refractivity contribution is 7.47. The molecule has 10 heteroatoms. The summed E-state index contributed by atoms with van der Waals surface area (Å²) in [7, 11) is -4.40. The second-order valence-corrected chi connectivity index (χ2v) is 13.5. The van der Waals surface area contributed by atoms with Gasteiger partial charge in [-0.3, -0.25) is 18.6 Å². The summed E-state index contributed by atoms with van der Waals surface area (Å²) in [6, 6.07) is 0. The van der Waals surface area contributed by atoms with Crippen LogP contribution in [0.25, 0.3) is 0 Å². The maximum Gasteiger partial charge on any atom is 0.472 e. The first kappa shape index (κ1) is 48.2. The van der Waals surface area contributed by atoms with Gasteiger partial charge in [0.25, 0.3) is 0 Å². The van der Waals surface area contributed by atoms with Gasteiger partial charge in [-0.1, -0.05) is 112 Å². The molecule has 0 bridgehead atoms. The molecule has 0 fully saturated rings. The van der Waals surface area contributed by atoms with Gasteiger partial charge in [0, 0.05) is 19.4 Å². The van der Waals surface area contributed by atoms with E-state index in [-0.39, 0.29) is 32.6 Å². The van der Waals surface area contributed by atoms with E-state index in [0.29, 0.717) is 12.8 Å². The molecule has 0 rings (SSSR count). The molecule has 0 aromatic carbocycles. The lowest BCUT2D eigenvalue weighted by Gasteiger charge is -2.19. The van der Waals surface area contributed by atoms with E-state index in [1.807, 2.05) is 0 Å². The number of rotatable bonds is 34. The van der Waals surface area contributed by atoms with Gasteiger partial charge in [-0.2, -0.15) is 0 Å². The molecular weight excluding hydrogens is 665 g/mol. The van der Waals surface area contributed by atoms with Crippen LogP contribution in [0.4, 0.5) is 0 Å². The van der Waals surface area contributed by atoms with Gasteiger partial charge in [0.2, 0.25) is 0 Å². The second-order valence-electron chi connectivity index (χ2n) is 12.1. The molecule has 0 aromatic heterocycles. The number of unbranched alkanes of at least 4 members (excludes halogenated alkanes) is 7. The average Bonchev–Trinajstić information content (AvgIpc) is 3.11. The molecule has 0 saturated heterocycles. The van der Waals surface area contributed by atoms with Crippen LogP contribution in [0.1, 0.15) is 129 Å². The number of phosphoric ester groups is 1. The number of hydrogen-bond acceptors (Lipinski definition) is 8. The van der Waals surface area contributed by atoms with Crippen molar-refractivity contribution in [2.24, 2.45) is 5.73 Å². The van der Waals surface area contributed by atoms with E-state index in [4.69, 9.17) is 24.3 Å². The minimum absolute atomic E-state index is 0.0365. The van der Waals surface area contributed by atoms with Crippen LogP contribution in [0, 0.1) is 0 Å². The predicted molar refractivity (Wildman–Crippen MR) is 210 cm³/mol. The lowest BCUT2D eigenvalue weighted by atomic mass is 10.1. The summed E-state index contributed by atoms with van der Waals surface area (Å²) in [4.78, 5) is 34.7. The number of carbonyl (C=O) groups excluding carboxylic acids is 2. The Morgan fingerprint density at radius 2 is 1.06 bits per heavy atom. The molecule has 290 valence electrons. The van der Waals surface area contributed by atoms with Gasteiger partial charge in [0.15, 0.2) is 6.10 Å². The van der Waals surface area contributed by atoms with Crippen LogP contribution in [-0.4, -0.2) is 49.3 Å². The Bertz CT molecular complexity index is 1110. The van der Waals surface area contributed by atoms with Crippen molar-refractivity contribution >= 4 is 19.8 Å². The van der Waals surface area contributed by atoms with Gasteiger partial charge < -0.3 is 20.1 Å². The Morgan fingerprint density at radius 1 is 0.608 bits per heavy atom. The minimum Gasteiger partial charge on any atom is -0.462 e. The van der Waals surface area contributed by atoms with Crippen molar-refractivity contribution in [3.63, 3.8) is 0 Å². The highest BCUT2D eigenvalue weighted by Crippen LogP contribution is 2.43. The van der Waals surface area contributed by atoms with E-state index in [0.717, 1.165) is 70.6 Å². The molecule has 1 unspecified atom stereocenters. The van der Waals surface area contributed by atoms with Gasteiger partial charge >= 0.3 is 19.8 Å². The molecule has 3 N–H and O–H groups in total. The van der Waals surface area contributed by atoms with E-state index in [2.05, 4.69) is 98.9 Å². The van der Waals surface area contributed by atoms with E-state index >= 15 is 0 Å². The van der Waals surface area contributed by atoms with Crippen LogP contribution in [0.5, 0.6) is 0 Å². The predicted octanol–water partition coefficient (Wildman–Crippen LogP) is 10.5. The summed E-state index contributed by atoms with van der Waals surface area (Å²) in [5.74, 6) is -0.934. The van der Waals surface area contributed by atoms with Gasteiger partial charge in [0.1, 0.15) is 6.61 Å². The SMILES string of the molecule is CCC=CCC=CCC=CCC=CCCCCC(=O)O[C@H](COC(=O)CCCCC=CCC=CCC=CCCCCC)COP(=O)(O)OCCN. The second kappa shape index (κ2) is 37.0. The third-order valence-electron chi connectivity index (χ3n) is 7.27. The van der Waals surface area contributed by atoms with Crippen molar-refractivity contribution in [1.29, 1.82) is 0 Å². The van der Waals surface area contributed by atoms with Crippen molar-refractivity contribution in [3.8, 4) is 0 Å². The smallest absolute Gasteiger partial charge is 0.462 e. The molecule has 51 heavy (non-hydrogen) atoms. The highest BCUT2D eigenvalue weighted by Gasteiger charge is 2.25. The molecule has 0 aliphatic carbocycles. The van der Waals surface area contributed by atoms with Gasteiger partial charge in [0.05, 0.1) is 13.2 Å². The number of carbonyl (C=O) groups is 2. The van der Waals surface area contributed by atoms with Crippen molar-refractivity contribution < 1.29 is 37.6 Å². The molecule has 0 saturated carbocycles. The average molecular weight is 734 g/mol. The summed E-state index contributed by atoms with van der Waals surface area (Å²) in [6.07, 6.45) is 44.8. The van der Waals surface area contributed by atoms with Crippen molar-refractivity contribution in [2.45, 2.75) is 136 Å². The number of nitrogens with two attached hydrogens (primary N) is 1. The van der Waals surface area contributed by atoms with Crippen LogP contribution in [0.2, 0.25) is 0 Å². The zero-order chi connectivity index (χ0) is 37.5. The topological polar surface area (TPSA) is 134 Å². The van der Waals surface area contributed by atoms with Crippen molar-refractivity contribution in [2.75, 3.05) is 26.4 Å². The maximum atomic E-state index is 12.5. The van der Waals surface area contributed by atoms with E-state index in [9.17, 15) is 19.0 Å². The number of ether oxygens (including phenoxy) is 2. The first-order valence-electron chi connectivity index (χ1n) is 19.1. The maximum absolute atomic E-state index is 12.5. The third-order valence-corrected chi connectivity index (χ3v) is 8.25. The van der Waals surface area contributed by atoms with E-state index in [1.165, 1.54) is 19.3 Å². The molecule has 0 aromatic rings. The monoisotopic (exact) mass is 733 g/mol. The fraction of sp³-hybridized carbons (Fsp3) is 0.610. The first-order chi connectivity index (χ1) is 24.8. The largest absolute Gasteiger partial charge is 0.472 e. The molecule has 0 spiro atoms. The van der Waals surface area contributed by atoms with Gasteiger partial charge in [-0.25, -0.2) is 4.57 Å². The Labute approximate surface area is 309 Å². The number of phosphoric acid groups is 1. The van der Waals surface area contributed by atoms with E-state index < -0.39 is 32.5 Å². The molecule has 2 atom stereocenters. The molecule has 0 aliphatic heterocycles. The summed E-state index contributed by atoms with van der Waals surface area (Å²) in [5.41, 5.74) is 5.32. The molecule has 0 heterocycles. The Hall–Kier alpha value is -2.81. The van der Waals surface area contributed by atoms with Crippen LogP contribution in [0.15, 0.2) is 85.1 Å². The Kier molecular flexibility index (Phi) is 34.9. The zero-order valence-electron chi connectivity index (χ0n) is 31.5. The summed E-state index contributed by atoms with van der Waals surface area (Å²) < 4.78 is 32.6. The fourth-order valence-electron chi connectivity index (χ4n) is 4.45. The zero-order valence-corrected chi connectivity index (χ0v) is 32.4. The van der Waals surface area contributed by atoms with E-state index in [1.54, 1.807) is 0 Å². The fourth-order valence-corrected chi connectivity index (χ4v) is 5.22. The number of esters is 2. The summed E-state index contributed by atoms with van der Waals surface area (Å²) in [5, 5.41) is 0. The normalized spacial score (nSPS) is 14.4.